The fourth-order valence-electron chi connectivity index (χ4n) is 3.73. The van der Waals surface area contributed by atoms with Crippen LogP contribution < -0.4 is 15.5 Å². The van der Waals surface area contributed by atoms with Crippen LogP contribution in [0.1, 0.15) is 28.4 Å². The summed E-state index contributed by atoms with van der Waals surface area (Å²) in [5.41, 5.74) is 3.04. The second-order valence-electron chi connectivity index (χ2n) is 7.49. The molecule has 0 bridgehead atoms. The van der Waals surface area contributed by atoms with E-state index in [1.807, 2.05) is 43.3 Å². The monoisotopic (exact) mass is 421 g/mol. The highest BCUT2D eigenvalue weighted by atomic mass is 19.1. The van der Waals surface area contributed by atoms with Gasteiger partial charge in [-0.25, -0.2) is 13.6 Å². The number of hydrogen-bond donors (Lipinski definition) is 2. The molecule has 1 aliphatic heterocycles. The third-order valence-electron chi connectivity index (χ3n) is 5.23. The van der Waals surface area contributed by atoms with E-state index in [9.17, 15) is 18.4 Å². The van der Waals surface area contributed by atoms with Crippen LogP contribution in [0.3, 0.4) is 0 Å². The summed E-state index contributed by atoms with van der Waals surface area (Å²) in [7, 11) is 0. The number of anilines is 2. The number of rotatable bonds is 4. The fraction of sp³-hybridized carbons (Fsp3) is 0.167. The lowest BCUT2D eigenvalue weighted by atomic mass is 10.1. The minimum Gasteiger partial charge on any atom is -0.334 e. The summed E-state index contributed by atoms with van der Waals surface area (Å²) in [4.78, 5) is 26.9. The van der Waals surface area contributed by atoms with Crippen molar-refractivity contribution < 1.29 is 18.4 Å². The second kappa shape index (κ2) is 8.55. The molecule has 158 valence electrons. The van der Waals surface area contributed by atoms with Crippen LogP contribution in [0.25, 0.3) is 0 Å². The number of fused-ring (bicyclic) bond motifs is 1. The normalized spacial score (nSPS) is 14.8. The largest absolute Gasteiger partial charge is 0.334 e. The molecule has 0 aliphatic carbocycles. The van der Waals surface area contributed by atoms with Gasteiger partial charge >= 0.3 is 6.03 Å². The third kappa shape index (κ3) is 4.40. The lowest BCUT2D eigenvalue weighted by Gasteiger charge is -2.23. The molecule has 5 nitrogen and oxygen atoms in total. The maximum Gasteiger partial charge on any atom is 0.319 e. The van der Waals surface area contributed by atoms with Gasteiger partial charge in [0.05, 0.1) is 5.69 Å². The van der Waals surface area contributed by atoms with Gasteiger partial charge in [0.1, 0.15) is 11.6 Å². The van der Waals surface area contributed by atoms with Gasteiger partial charge in [0.15, 0.2) is 0 Å². The molecule has 4 rings (SSSR count). The molecule has 1 heterocycles. The quantitative estimate of drug-likeness (QED) is 0.631. The van der Waals surface area contributed by atoms with E-state index in [4.69, 9.17) is 0 Å². The van der Waals surface area contributed by atoms with E-state index in [0.717, 1.165) is 41.4 Å². The Bertz CT molecular complexity index is 1130. The summed E-state index contributed by atoms with van der Waals surface area (Å²) >= 11 is 0. The first-order chi connectivity index (χ1) is 14.9. The third-order valence-corrected chi connectivity index (χ3v) is 5.23. The van der Waals surface area contributed by atoms with E-state index in [0.29, 0.717) is 5.56 Å². The Morgan fingerprint density at radius 1 is 1.03 bits per heavy atom. The van der Waals surface area contributed by atoms with Crippen LogP contribution in [-0.4, -0.2) is 18.0 Å². The maximum atomic E-state index is 13.7. The van der Waals surface area contributed by atoms with E-state index in [1.54, 1.807) is 17.0 Å². The van der Waals surface area contributed by atoms with Gasteiger partial charge in [0.2, 0.25) is 0 Å². The van der Waals surface area contributed by atoms with Crippen molar-refractivity contribution in [2.45, 2.75) is 25.9 Å². The molecule has 3 aromatic carbocycles. The Kier molecular flexibility index (Phi) is 5.66. The van der Waals surface area contributed by atoms with Gasteiger partial charge in [-0.1, -0.05) is 30.3 Å². The Hall–Kier alpha value is -3.74. The minimum absolute atomic E-state index is 0.0187. The van der Waals surface area contributed by atoms with Crippen molar-refractivity contribution in [3.63, 3.8) is 0 Å². The lowest BCUT2D eigenvalue weighted by Crippen LogP contribution is -2.35. The summed E-state index contributed by atoms with van der Waals surface area (Å²) in [5.74, 6) is -1.44. The summed E-state index contributed by atoms with van der Waals surface area (Å²) in [6, 6.07) is 17.0. The SMILES string of the molecule is C[C@@H]1Cc2ccc(CNC(=O)Nc3cc(F)ccc3F)cc2N1C(=O)c1ccccc1. The van der Waals surface area contributed by atoms with Gasteiger partial charge in [-0.15, -0.1) is 0 Å². The number of nitrogens with one attached hydrogen (secondary N) is 2. The van der Waals surface area contributed by atoms with Gasteiger partial charge in [-0.2, -0.15) is 0 Å². The molecule has 0 saturated carbocycles. The smallest absolute Gasteiger partial charge is 0.319 e. The van der Waals surface area contributed by atoms with Gasteiger partial charge in [0, 0.05) is 29.9 Å². The predicted molar refractivity (Wildman–Crippen MR) is 115 cm³/mol. The Balaban J connectivity index is 1.47. The summed E-state index contributed by atoms with van der Waals surface area (Å²) in [6.07, 6.45) is 0.751. The van der Waals surface area contributed by atoms with E-state index < -0.39 is 17.7 Å². The van der Waals surface area contributed by atoms with Crippen LogP contribution in [0.5, 0.6) is 0 Å². The van der Waals surface area contributed by atoms with Crippen molar-refractivity contribution in [3.8, 4) is 0 Å². The molecule has 0 aromatic heterocycles. The highest BCUT2D eigenvalue weighted by molar-refractivity contribution is 6.07. The minimum atomic E-state index is -0.724. The Morgan fingerprint density at radius 2 is 1.81 bits per heavy atom. The topological polar surface area (TPSA) is 61.4 Å². The Labute approximate surface area is 178 Å². The standard InChI is InChI=1S/C24H21F2N3O2/c1-15-11-18-8-7-16(12-22(18)29(15)23(30)17-5-3-2-4-6-17)14-27-24(31)28-21-13-19(25)9-10-20(21)26/h2-10,12-13,15H,11,14H2,1H3,(H2,27,28,31)/t15-/m1/s1. The molecule has 0 unspecified atom stereocenters. The first kappa shape index (κ1) is 20.5. The molecule has 0 fully saturated rings. The molecule has 1 aliphatic rings. The fourth-order valence-corrected chi connectivity index (χ4v) is 3.73. The van der Waals surface area contributed by atoms with Gasteiger partial charge in [-0.05, 0) is 54.8 Å². The number of carbonyl (C=O) groups is 2. The molecule has 31 heavy (non-hydrogen) atoms. The summed E-state index contributed by atoms with van der Waals surface area (Å²) in [6.45, 7) is 2.16. The van der Waals surface area contributed by atoms with Gasteiger partial charge in [0.25, 0.3) is 5.91 Å². The van der Waals surface area contributed by atoms with Crippen LogP contribution in [0.2, 0.25) is 0 Å². The highest BCUT2D eigenvalue weighted by Gasteiger charge is 2.31. The zero-order chi connectivity index (χ0) is 22.0. The number of urea groups is 1. The number of nitrogens with zero attached hydrogens (tertiary/aromatic N) is 1. The zero-order valence-electron chi connectivity index (χ0n) is 16.9. The first-order valence-corrected chi connectivity index (χ1v) is 9.92. The van der Waals surface area contributed by atoms with E-state index in [2.05, 4.69) is 10.6 Å². The Morgan fingerprint density at radius 3 is 2.58 bits per heavy atom. The van der Waals surface area contributed by atoms with Gasteiger partial charge in [-0.3, -0.25) is 4.79 Å². The van der Waals surface area contributed by atoms with Gasteiger partial charge < -0.3 is 15.5 Å². The van der Waals surface area contributed by atoms with Crippen molar-refractivity contribution >= 4 is 23.3 Å². The van der Waals surface area contributed by atoms with Crippen LogP contribution in [-0.2, 0) is 13.0 Å². The molecule has 1 atom stereocenters. The number of carbonyl (C=O) groups excluding carboxylic acids is 2. The molecule has 2 N–H and O–H groups in total. The average molecular weight is 421 g/mol. The highest BCUT2D eigenvalue weighted by Crippen LogP contribution is 2.34. The van der Waals surface area contributed by atoms with E-state index in [1.165, 1.54) is 0 Å². The van der Waals surface area contributed by atoms with Crippen molar-refractivity contribution in [2.24, 2.45) is 0 Å². The molecular formula is C24H21F2N3O2. The molecule has 7 heteroatoms. The van der Waals surface area contributed by atoms with Crippen molar-refractivity contribution in [1.29, 1.82) is 0 Å². The number of benzene rings is 3. The van der Waals surface area contributed by atoms with Crippen molar-refractivity contribution in [1.82, 2.24) is 5.32 Å². The molecule has 3 amide bonds. The molecular weight excluding hydrogens is 400 g/mol. The number of halogens is 2. The molecule has 0 spiro atoms. The first-order valence-electron chi connectivity index (χ1n) is 9.92. The molecule has 0 radical (unpaired) electrons. The van der Waals surface area contributed by atoms with Crippen molar-refractivity contribution in [2.75, 3.05) is 10.2 Å². The summed E-state index contributed by atoms with van der Waals surface area (Å²) < 4.78 is 27.0. The molecule has 3 aromatic rings. The van der Waals surface area contributed by atoms with Crippen molar-refractivity contribution in [3.05, 3.63) is 95.1 Å². The average Bonchev–Trinajstić information content (AvgIpc) is 3.10. The van der Waals surface area contributed by atoms with Crippen LogP contribution in [0, 0.1) is 11.6 Å². The number of amides is 3. The molecule has 0 saturated heterocycles. The summed E-state index contributed by atoms with van der Waals surface area (Å²) in [5, 5.41) is 4.93. The lowest BCUT2D eigenvalue weighted by molar-refractivity contribution is 0.0981. The number of hydrogen-bond acceptors (Lipinski definition) is 2. The zero-order valence-corrected chi connectivity index (χ0v) is 16.9. The van der Waals surface area contributed by atoms with Crippen LogP contribution in [0.4, 0.5) is 25.0 Å². The second-order valence-corrected chi connectivity index (χ2v) is 7.49. The van der Waals surface area contributed by atoms with E-state index in [-0.39, 0.29) is 24.2 Å². The maximum absolute atomic E-state index is 13.7. The van der Waals surface area contributed by atoms with E-state index >= 15 is 0 Å². The predicted octanol–water partition coefficient (Wildman–Crippen LogP) is 4.88. The van der Waals surface area contributed by atoms with Crippen LogP contribution >= 0.6 is 0 Å². The van der Waals surface area contributed by atoms with Crippen LogP contribution in [0.15, 0.2) is 66.7 Å².